The molecule has 3 heterocycles. The summed E-state index contributed by atoms with van der Waals surface area (Å²) in [6.45, 7) is 2.03. The molecule has 0 radical (unpaired) electrons. The lowest BCUT2D eigenvalue weighted by Gasteiger charge is -2.26. The number of anilines is 4. The van der Waals surface area contributed by atoms with Gasteiger partial charge in [0, 0.05) is 25.2 Å². The standard InChI is InChI=1S/C25H26ClN5O4/c1-30-8-7-14-10-21(35-3)18(9-15(14)12-30)28-25-27-11-17(26)23(29-25)31-13-16(24(32)33)22-19(31)5-4-6-20(22)34-2/h4-6,9-11,16H,7-8,12-13H2,1-3H3,(H,32,33)(H,27,28,29). The monoisotopic (exact) mass is 495 g/mol. The maximum absolute atomic E-state index is 12.0. The molecule has 35 heavy (non-hydrogen) atoms. The number of methoxy groups -OCH3 is 2. The largest absolute Gasteiger partial charge is 0.496 e. The first-order chi connectivity index (χ1) is 16.9. The van der Waals surface area contributed by atoms with Gasteiger partial charge in [0.2, 0.25) is 5.95 Å². The van der Waals surface area contributed by atoms with Crippen molar-refractivity contribution in [3.63, 3.8) is 0 Å². The zero-order valence-electron chi connectivity index (χ0n) is 19.7. The molecule has 0 saturated heterocycles. The molecule has 10 heteroatoms. The maximum Gasteiger partial charge on any atom is 0.313 e. The third kappa shape index (κ3) is 4.21. The number of aromatic nitrogens is 2. The lowest BCUT2D eigenvalue weighted by atomic mass is 9.99. The van der Waals surface area contributed by atoms with Crippen LogP contribution in [-0.4, -0.2) is 60.3 Å². The highest BCUT2D eigenvalue weighted by Gasteiger charge is 2.38. The van der Waals surface area contributed by atoms with Gasteiger partial charge in [0.15, 0.2) is 5.82 Å². The van der Waals surface area contributed by atoms with Crippen molar-refractivity contribution >= 4 is 40.7 Å². The number of nitrogens with zero attached hydrogens (tertiary/aromatic N) is 4. The Kier molecular flexibility index (Phi) is 6.12. The van der Waals surface area contributed by atoms with Crippen LogP contribution in [0.15, 0.2) is 36.5 Å². The van der Waals surface area contributed by atoms with Crippen LogP contribution in [0.3, 0.4) is 0 Å². The number of carboxylic acid groups (broad SMARTS) is 1. The van der Waals surface area contributed by atoms with Crippen molar-refractivity contribution < 1.29 is 19.4 Å². The molecule has 2 aromatic carbocycles. The van der Waals surface area contributed by atoms with Crippen LogP contribution in [0.4, 0.5) is 23.1 Å². The number of ether oxygens (including phenoxy) is 2. The summed E-state index contributed by atoms with van der Waals surface area (Å²) in [4.78, 5) is 25.1. The molecule has 0 aliphatic carbocycles. The summed E-state index contributed by atoms with van der Waals surface area (Å²) in [6, 6.07) is 9.54. The normalized spacial score (nSPS) is 17.0. The molecule has 1 atom stereocenters. The molecule has 9 nitrogen and oxygen atoms in total. The fourth-order valence-corrected chi connectivity index (χ4v) is 4.99. The Labute approximate surface area is 208 Å². The second-order valence-corrected chi connectivity index (χ2v) is 9.10. The number of likely N-dealkylation sites (N-methyl/N-ethyl adjacent to an activating group) is 1. The van der Waals surface area contributed by atoms with Gasteiger partial charge in [0.25, 0.3) is 0 Å². The van der Waals surface area contributed by atoms with E-state index in [9.17, 15) is 9.90 Å². The van der Waals surface area contributed by atoms with E-state index in [1.165, 1.54) is 24.4 Å². The molecule has 182 valence electrons. The number of halogens is 1. The van der Waals surface area contributed by atoms with Gasteiger partial charge >= 0.3 is 5.97 Å². The molecule has 1 unspecified atom stereocenters. The number of carboxylic acids is 1. The smallest absolute Gasteiger partial charge is 0.313 e. The van der Waals surface area contributed by atoms with Crippen molar-refractivity contribution in [3.05, 3.63) is 58.2 Å². The highest BCUT2D eigenvalue weighted by Crippen LogP contribution is 2.46. The van der Waals surface area contributed by atoms with Crippen molar-refractivity contribution in [1.29, 1.82) is 0 Å². The minimum atomic E-state index is -0.939. The summed E-state index contributed by atoms with van der Waals surface area (Å²) in [5.74, 6) is 0.251. The van der Waals surface area contributed by atoms with Gasteiger partial charge in [0.1, 0.15) is 22.4 Å². The van der Waals surface area contributed by atoms with Crippen LogP contribution in [0.1, 0.15) is 22.6 Å². The van der Waals surface area contributed by atoms with E-state index in [0.29, 0.717) is 39.5 Å². The van der Waals surface area contributed by atoms with E-state index >= 15 is 0 Å². The number of nitrogens with one attached hydrogen (secondary N) is 1. The molecule has 5 rings (SSSR count). The third-order valence-corrected chi connectivity index (χ3v) is 6.78. The first kappa shape index (κ1) is 23.2. The molecule has 0 spiro atoms. The lowest BCUT2D eigenvalue weighted by Crippen LogP contribution is -2.26. The first-order valence-electron chi connectivity index (χ1n) is 11.2. The Morgan fingerprint density at radius 2 is 2.00 bits per heavy atom. The summed E-state index contributed by atoms with van der Waals surface area (Å²) < 4.78 is 11.1. The highest BCUT2D eigenvalue weighted by molar-refractivity contribution is 6.33. The average Bonchev–Trinajstić information content (AvgIpc) is 3.25. The van der Waals surface area contributed by atoms with Crippen molar-refractivity contribution in [2.45, 2.75) is 18.9 Å². The zero-order chi connectivity index (χ0) is 24.7. The third-order valence-electron chi connectivity index (χ3n) is 6.52. The summed E-state index contributed by atoms with van der Waals surface area (Å²) in [7, 11) is 5.26. The second-order valence-electron chi connectivity index (χ2n) is 8.69. The zero-order valence-corrected chi connectivity index (χ0v) is 20.5. The molecule has 1 aromatic heterocycles. The average molecular weight is 496 g/mol. The number of hydrogen-bond donors (Lipinski definition) is 2. The molecule has 2 aliphatic heterocycles. The fraction of sp³-hybridized carbons (Fsp3) is 0.320. The molecule has 0 bridgehead atoms. The van der Waals surface area contributed by atoms with Crippen LogP contribution < -0.4 is 19.7 Å². The molecule has 2 N–H and O–H groups in total. The van der Waals surface area contributed by atoms with Crippen LogP contribution in [0, 0.1) is 0 Å². The summed E-state index contributed by atoms with van der Waals surface area (Å²) in [5.41, 5.74) is 4.54. The van der Waals surface area contributed by atoms with E-state index < -0.39 is 11.9 Å². The van der Waals surface area contributed by atoms with Crippen molar-refractivity contribution in [1.82, 2.24) is 14.9 Å². The minimum absolute atomic E-state index is 0.176. The number of benzene rings is 2. The number of carbonyl (C=O) groups is 1. The molecule has 0 amide bonds. The maximum atomic E-state index is 12.0. The SMILES string of the molecule is COc1cc2c(cc1Nc1ncc(Cl)c(N3CC(C(=O)O)c4c(OC)cccc43)n1)CN(C)CC2. The van der Waals surface area contributed by atoms with Crippen LogP contribution in [0.25, 0.3) is 0 Å². The van der Waals surface area contributed by atoms with E-state index in [1.54, 1.807) is 18.1 Å². The van der Waals surface area contributed by atoms with Crippen LogP contribution in [0.2, 0.25) is 5.02 Å². The van der Waals surface area contributed by atoms with Gasteiger partial charge in [-0.05, 0) is 48.9 Å². The van der Waals surface area contributed by atoms with Crippen LogP contribution in [0.5, 0.6) is 11.5 Å². The molecular formula is C25H26ClN5O4. The Bertz CT molecular complexity index is 1300. The van der Waals surface area contributed by atoms with Crippen molar-refractivity contribution in [2.75, 3.05) is 44.6 Å². The van der Waals surface area contributed by atoms with E-state index in [1.807, 2.05) is 12.1 Å². The molecule has 2 aliphatic rings. The predicted octanol–water partition coefficient (Wildman–Crippen LogP) is 4.20. The van der Waals surface area contributed by atoms with E-state index in [2.05, 4.69) is 39.4 Å². The Morgan fingerprint density at radius 3 is 2.74 bits per heavy atom. The van der Waals surface area contributed by atoms with Crippen molar-refractivity contribution in [3.8, 4) is 11.5 Å². The Morgan fingerprint density at radius 1 is 1.20 bits per heavy atom. The summed E-state index contributed by atoms with van der Waals surface area (Å²) in [5, 5.41) is 13.4. The molecule has 0 saturated carbocycles. The van der Waals surface area contributed by atoms with E-state index in [4.69, 9.17) is 21.1 Å². The predicted molar refractivity (Wildman–Crippen MR) is 134 cm³/mol. The Hall–Kier alpha value is -3.56. The Balaban J connectivity index is 1.52. The van der Waals surface area contributed by atoms with Gasteiger partial charge in [0.05, 0.1) is 31.8 Å². The van der Waals surface area contributed by atoms with E-state index in [0.717, 1.165) is 25.2 Å². The van der Waals surface area contributed by atoms with Gasteiger partial charge in [-0.25, -0.2) is 4.98 Å². The fourth-order valence-electron chi connectivity index (χ4n) is 4.79. The molecular weight excluding hydrogens is 470 g/mol. The lowest BCUT2D eigenvalue weighted by molar-refractivity contribution is -0.138. The highest BCUT2D eigenvalue weighted by atomic mass is 35.5. The second kappa shape index (κ2) is 9.24. The van der Waals surface area contributed by atoms with Gasteiger partial charge < -0.3 is 29.7 Å². The van der Waals surface area contributed by atoms with Crippen LogP contribution >= 0.6 is 11.6 Å². The number of aliphatic carboxylic acids is 1. The number of hydrogen-bond acceptors (Lipinski definition) is 8. The van der Waals surface area contributed by atoms with E-state index in [-0.39, 0.29) is 6.54 Å². The number of rotatable bonds is 6. The van der Waals surface area contributed by atoms with Gasteiger partial charge in [-0.15, -0.1) is 0 Å². The van der Waals surface area contributed by atoms with Gasteiger partial charge in [-0.2, -0.15) is 4.98 Å². The summed E-state index contributed by atoms with van der Waals surface area (Å²) in [6.07, 6.45) is 2.48. The van der Waals surface area contributed by atoms with Gasteiger partial charge in [-0.1, -0.05) is 17.7 Å². The first-order valence-corrected chi connectivity index (χ1v) is 11.6. The number of fused-ring (bicyclic) bond motifs is 2. The topological polar surface area (TPSA) is 100 Å². The molecule has 0 fully saturated rings. The van der Waals surface area contributed by atoms with Crippen molar-refractivity contribution in [2.24, 2.45) is 0 Å². The molecule has 3 aromatic rings. The summed E-state index contributed by atoms with van der Waals surface area (Å²) >= 11 is 6.51. The quantitative estimate of drug-likeness (QED) is 0.521. The minimum Gasteiger partial charge on any atom is -0.496 e. The van der Waals surface area contributed by atoms with Crippen LogP contribution in [-0.2, 0) is 17.8 Å². The van der Waals surface area contributed by atoms with Gasteiger partial charge in [-0.3, -0.25) is 4.79 Å².